The summed E-state index contributed by atoms with van der Waals surface area (Å²) in [5, 5.41) is 3.30. The second kappa shape index (κ2) is 5.67. The highest BCUT2D eigenvalue weighted by Gasteiger charge is 2.41. The Morgan fingerprint density at radius 2 is 1.91 bits per heavy atom. The average molecular weight is 301 g/mol. The van der Waals surface area contributed by atoms with Gasteiger partial charge in [-0.25, -0.2) is 0 Å². The van der Waals surface area contributed by atoms with E-state index in [-0.39, 0.29) is 11.4 Å². The van der Waals surface area contributed by atoms with Crippen molar-refractivity contribution in [3.8, 4) is 0 Å². The van der Waals surface area contributed by atoms with Crippen molar-refractivity contribution in [1.82, 2.24) is 10.2 Å². The molecule has 1 amide bonds. The molecule has 3 N–H and O–H groups in total. The third kappa shape index (κ3) is 3.03. The third-order valence-electron chi connectivity index (χ3n) is 5.06. The van der Waals surface area contributed by atoms with Gasteiger partial charge < -0.3 is 16.0 Å². The van der Waals surface area contributed by atoms with Crippen LogP contribution in [0.4, 0.5) is 0 Å². The first-order valence-corrected chi connectivity index (χ1v) is 8.30. The van der Waals surface area contributed by atoms with Crippen molar-refractivity contribution in [3.63, 3.8) is 0 Å². The van der Waals surface area contributed by atoms with Crippen LogP contribution in [0.2, 0.25) is 0 Å². The van der Waals surface area contributed by atoms with Crippen molar-refractivity contribution in [3.05, 3.63) is 35.4 Å². The molecule has 1 saturated carbocycles. The Morgan fingerprint density at radius 1 is 1.27 bits per heavy atom. The smallest absolute Gasteiger partial charge is 0.232 e. The number of nitrogens with two attached hydrogens (primary N) is 1. The van der Waals surface area contributed by atoms with Gasteiger partial charge in [-0.1, -0.05) is 24.3 Å². The molecule has 0 bridgehead atoms. The van der Waals surface area contributed by atoms with E-state index in [1.54, 1.807) is 0 Å². The van der Waals surface area contributed by atoms with E-state index in [1.165, 1.54) is 5.56 Å². The van der Waals surface area contributed by atoms with Crippen molar-refractivity contribution in [2.45, 2.75) is 44.1 Å². The molecule has 0 aromatic heterocycles. The van der Waals surface area contributed by atoms with Gasteiger partial charge in [0.2, 0.25) is 5.91 Å². The summed E-state index contributed by atoms with van der Waals surface area (Å²) in [4.78, 5) is 15.0. The quantitative estimate of drug-likeness (QED) is 0.884. The van der Waals surface area contributed by atoms with Crippen molar-refractivity contribution < 1.29 is 4.79 Å². The summed E-state index contributed by atoms with van der Waals surface area (Å²) in [6.07, 6.45) is 3.06. The lowest BCUT2D eigenvalue weighted by molar-refractivity contribution is -0.136. The Bertz CT molecular complexity index is 557. The van der Waals surface area contributed by atoms with Crippen LogP contribution in [0, 0.1) is 0 Å². The maximum absolute atomic E-state index is 13.0. The first kappa shape index (κ1) is 15.5. The third-order valence-corrected chi connectivity index (χ3v) is 5.06. The monoisotopic (exact) mass is 301 g/mol. The Kier molecular flexibility index (Phi) is 4.00. The fraction of sp³-hybridized carbons (Fsp3) is 0.611. The maximum atomic E-state index is 13.0. The molecule has 0 atom stereocenters. The van der Waals surface area contributed by atoms with Crippen molar-refractivity contribution in [2.24, 2.45) is 5.73 Å². The number of rotatable bonds is 4. The summed E-state index contributed by atoms with van der Waals surface area (Å²) in [5.74, 6) is 0.225. The van der Waals surface area contributed by atoms with Crippen LogP contribution in [0.25, 0.3) is 0 Å². The molecule has 4 nitrogen and oxygen atoms in total. The molecule has 0 unspecified atom stereocenters. The van der Waals surface area contributed by atoms with Crippen LogP contribution in [0.3, 0.4) is 0 Å². The van der Waals surface area contributed by atoms with Gasteiger partial charge in [0, 0.05) is 31.7 Å². The number of amides is 1. The van der Waals surface area contributed by atoms with Crippen LogP contribution >= 0.6 is 0 Å². The van der Waals surface area contributed by atoms with Gasteiger partial charge in [0.05, 0.1) is 5.41 Å². The van der Waals surface area contributed by atoms with Crippen LogP contribution in [0.15, 0.2) is 24.3 Å². The highest BCUT2D eigenvalue weighted by Crippen LogP contribution is 2.38. The number of piperazine rings is 1. The van der Waals surface area contributed by atoms with E-state index in [0.717, 1.165) is 51.0 Å². The van der Waals surface area contributed by atoms with Crippen LogP contribution in [-0.2, 0) is 16.6 Å². The summed E-state index contributed by atoms with van der Waals surface area (Å²) in [7, 11) is 0. The van der Waals surface area contributed by atoms with E-state index >= 15 is 0 Å². The van der Waals surface area contributed by atoms with E-state index in [0.29, 0.717) is 0 Å². The molecule has 0 spiro atoms. The number of nitrogens with one attached hydrogen (secondary N) is 1. The molecule has 2 aliphatic rings. The first-order chi connectivity index (χ1) is 10.4. The molecule has 1 heterocycles. The SMILES string of the molecule is CC(C)(C(=O)N1CCNCC1)c1ccccc1CC1(N)CC1. The molecule has 1 aromatic carbocycles. The van der Waals surface area contributed by atoms with Gasteiger partial charge in [-0.3, -0.25) is 4.79 Å². The molecule has 22 heavy (non-hydrogen) atoms. The Balaban J connectivity index is 1.86. The van der Waals surface area contributed by atoms with Crippen LogP contribution < -0.4 is 11.1 Å². The zero-order chi connectivity index (χ0) is 15.8. The largest absolute Gasteiger partial charge is 0.339 e. The van der Waals surface area contributed by atoms with E-state index in [1.807, 2.05) is 24.8 Å². The van der Waals surface area contributed by atoms with Gasteiger partial charge in [0.15, 0.2) is 0 Å². The number of nitrogens with zero attached hydrogens (tertiary/aromatic N) is 1. The lowest BCUT2D eigenvalue weighted by atomic mass is 9.79. The fourth-order valence-corrected chi connectivity index (χ4v) is 3.38. The molecule has 3 rings (SSSR count). The minimum Gasteiger partial charge on any atom is -0.339 e. The standard InChI is InChI=1S/C18H27N3O/c1-17(2,16(22)21-11-9-20-10-12-21)15-6-4-3-5-14(15)13-18(19)7-8-18/h3-6,20H,7-13,19H2,1-2H3. The molecule has 2 fully saturated rings. The molecular formula is C18H27N3O. The van der Waals surface area contributed by atoms with Gasteiger partial charge in [-0.2, -0.15) is 0 Å². The predicted molar refractivity (Wildman–Crippen MR) is 88.8 cm³/mol. The number of hydrogen-bond acceptors (Lipinski definition) is 3. The van der Waals surface area contributed by atoms with Crippen LogP contribution in [-0.4, -0.2) is 42.5 Å². The zero-order valence-corrected chi connectivity index (χ0v) is 13.7. The molecule has 1 aliphatic carbocycles. The molecule has 120 valence electrons. The summed E-state index contributed by atoms with van der Waals surface area (Å²) >= 11 is 0. The number of hydrogen-bond donors (Lipinski definition) is 2. The summed E-state index contributed by atoms with van der Waals surface area (Å²) < 4.78 is 0. The number of carbonyl (C=O) groups is 1. The highest BCUT2D eigenvalue weighted by atomic mass is 16.2. The number of benzene rings is 1. The van der Waals surface area contributed by atoms with Crippen molar-refractivity contribution in [2.75, 3.05) is 26.2 Å². The highest BCUT2D eigenvalue weighted by molar-refractivity contribution is 5.88. The summed E-state index contributed by atoms with van der Waals surface area (Å²) in [5.41, 5.74) is 8.13. The lowest BCUT2D eigenvalue weighted by Gasteiger charge is -2.36. The molecular weight excluding hydrogens is 274 g/mol. The minimum absolute atomic E-state index is 0.0374. The van der Waals surface area contributed by atoms with Crippen LogP contribution in [0.1, 0.15) is 37.8 Å². The van der Waals surface area contributed by atoms with Gasteiger partial charge in [-0.05, 0) is 44.2 Å². The maximum Gasteiger partial charge on any atom is 0.232 e. The van der Waals surface area contributed by atoms with Crippen LogP contribution in [0.5, 0.6) is 0 Å². The van der Waals surface area contributed by atoms with E-state index in [9.17, 15) is 4.79 Å². The average Bonchev–Trinajstić information content (AvgIpc) is 3.25. The zero-order valence-electron chi connectivity index (χ0n) is 13.7. The normalized spacial score (nSPS) is 20.8. The molecule has 1 aromatic rings. The topological polar surface area (TPSA) is 58.4 Å². The van der Waals surface area contributed by atoms with E-state index in [2.05, 4.69) is 23.5 Å². The molecule has 4 heteroatoms. The van der Waals surface area contributed by atoms with Crippen molar-refractivity contribution >= 4 is 5.91 Å². The van der Waals surface area contributed by atoms with Crippen molar-refractivity contribution in [1.29, 1.82) is 0 Å². The van der Waals surface area contributed by atoms with E-state index < -0.39 is 5.41 Å². The molecule has 1 aliphatic heterocycles. The lowest BCUT2D eigenvalue weighted by Crippen LogP contribution is -2.52. The fourth-order valence-electron chi connectivity index (χ4n) is 3.38. The Morgan fingerprint density at radius 3 is 2.55 bits per heavy atom. The first-order valence-electron chi connectivity index (χ1n) is 8.30. The Hall–Kier alpha value is -1.39. The second-order valence-electron chi connectivity index (χ2n) is 7.36. The van der Waals surface area contributed by atoms with E-state index in [4.69, 9.17) is 5.73 Å². The molecule has 1 saturated heterocycles. The second-order valence-corrected chi connectivity index (χ2v) is 7.36. The number of carbonyl (C=O) groups excluding carboxylic acids is 1. The minimum atomic E-state index is -0.501. The summed E-state index contributed by atoms with van der Waals surface area (Å²) in [6.45, 7) is 7.46. The van der Waals surface area contributed by atoms with Gasteiger partial charge in [-0.15, -0.1) is 0 Å². The predicted octanol–water partition coefficient (Wildman–Crippen LogP) is 1.43. The van der Waals surface area contributed by atoms with Gasteiger partial charge in [0.1, 0.15) is 0 Å². The van der Waals surface area contributed by atoms with Gasteiger partial charge in [0.25, 0.3) is 0 Å². The Labute approximate surface area is 133 Å². The summed E-state index contributed by atoms with van der Waals surface area (Å²) in [6, 6.07) is 8.31. The molecule has 0 radical (unpaired) electrons. The van der Waals surface area contributed by atoms with Gasteiger partial charge >= 0.3 is 0 Å².